The highest BCUT2D eigenvalue weighted by Crippen LogP contribution is 2.55. The molecule has 9 nitrogen and oxygen atoms in total. The second-order valence-electron chi connectivity index (χ2n) is 11.2. The van der Waals surface area contributed by atoms with Gasteiger partial charge in [0.15, 0.2) is 11.6 Å². The summed E-state index contributed by atoms with van der Waals surface area (Å²) in [5, 5.41) is 4.89. The fourth-order valence-electron chi connectivity index (χ4n) is 6.11. The molecule has 1 aliphatic carbocycles. The van der Waals surface area contributed by atoms with E-state index in [2.05, 4.69) is 43.9 Å². The Bertz CT molecular complexity index is 1570. The van der Waals surface area contributed by atoms with Crippen LogP contribution in [0, 0.1) is 5.41 Å². The largest absolute Gasteiger partial charge is 0.383 e. The monoisotopic (exact) mass is 534 g/mol. The number of pyridine rings is 1. The molecule has 10 heteroatoms. The fourth-order valence-corrected chi connectivity index (χ4v) is 6.31. The number of amides is 1. The molecule has 2 fully saturated rings. The maximum absolute atomic E-state index is 11.5. The smallest absolute Gasteiger partial charge is 0.222 e. The fraction of sp³-hybridized carbons (Fsp3) is 0.429. The standard InChI is InChI=1S/C28H31ClN6O3/c1-15(36)33-25-19(29)12-17-6-5-16(11-20(17)34-25)7-9-28(4)13-21(22-23(28)38-27(2,3)37-22)35-10-8-18-24(30)31-14-32-26(18)35/h5-6,8,10-12,14,21-23H,7,9,13H2,1-4H3,(H2,30,31,32)(H,33,34,36)/t21-,22+,23+,28+/m1/s1. The minimum Gasteiger partial charge on any atom is -0.383 e. The summed E-state index contributed by atoms with van der Waals surface area (Å²) in [6.07, 6.45) is 5.98. The lowest BCUT2D eigenvalue weighted by Gasteiger charge is -2.32. The summed E-state index contributed by atoms with van der Waals surface area (Å²) >= 11 is 6.31. The van der Waals surface area contributed by atoms with E-state index in [-0.39, 0.29) is 29.6 Å². The third kappa shape index (κ3) is 4.28. The SMILES string of the molecule is CC(=O)Nc1nc2cc(CC[C@@]3(C)C[C@@H](n4ccc5c(N)ncnc54)[C@@H]4OC(C)(C)O[C@@H]43)ccc2cc1Cl. The van der Waals surface area contributed by atoms with Crippen molar-refractivity contribution >= 4 is 51.1 Å². The number of carbonyl (C=O) groups excluding carboxylic acids is 1. The molecule has 1 amide bonds. The zero-order valence-electron chi connectivity index (χ0n) is 21.9. The van der Waals surface area contributed by atoms with Crippen molar-refractivity contribution in [3.8, 4) is 0 Å². The minimum absolute atomic E-state index is 0.0548. The summed E-state index contributed by atoms with van der Waals surface area (Å²) in [7, 11) is 0. The molecule has 0 bridgehead atoms. The highest BCUT2D eigenvalue weighted by Gasteiger charge is 2.59. The second-order valence-corrected chi connectivity index (χ2v) is 11.6. The number of hydrogen-bond acceptors (Lipinski definition) is 7. The number of nitrogens with one attached hydrogen (secondary N) is 1. The molecule has 3 N–H and O–H groups in total. The van der Waals surface area contributed by atoms with Crippen molar-refractivity contribution in [2.45, 2.75) is 71.0 Å². The molecule has 3 aromatic heterocycles. The Morgan fingerprint density at radius 1 is 1.21 bits per heavy atom. The maximum atomic E-state index is 11.5. The van der Waals surface area contributed by atoms with Crippen LogP contribution >= 0.6 is 11.6 Å². The molecule has 0 radical (unpaired) electrons. The van der Waals surface area contributed by atoms with Crippen molar-refractivity contribution in [1.29, 1.82) is 0 Å². The molecule has 198 valence electrons. The van der Waals surface area contributed by atoms with Crippen LogP contribution in [0.5, 0.6) is 0 Å². The summed E-state index contributed by atoms with van der Waals surface area (Å²) < 4.78 is 15.2. The zero-order chi connectivity index (χ0) is 26.8. The summed E-state index contributed by atoms with van der Waals surface area (Å²) in [5.41, 5.74) is 8.74. The number of halogens is 1. The van der Waals surface area contributed by atoms with Gasteiger partial charge in [-0.15, -0.1) is 0 Å². The molecule has 1 aromatic carbocycles. The zero-order valence-corrected chi connectivity index (χ0v) is 22.6. The molecule has 38 heavy (non-hydrogen) atoms. The first-order valence-electron chi connectivity index (χ1n) is 12.8. The van der Waals surface area contributed by atoms with Gasteiger partial charge in [0.05, 0.1) is 28.1 Å². The van der Waals surface area contributed by atoms with Crippen LogP contribution in [0.15, 0.2) is 42.9 Å². The van der Waals surface area contributed by atoms with Crippen molar-refractivity contribution in [1.82, 2.24) is 19.5 Å². The summed E-state index contributed by atoms with van der Waals surface area (Å²) in [4.78, 5) is 24.8. The quantitative estimate of drug-likeness (QED) is 0.358. The molecule has 0 unspecified atom stereocenters. The summed E-state index contributed by atoms with van der Waals surface area (Å²) in [6, 6.07) is 10.1. The number of fused-ring (bicyclic) bond motifs is 3. The molecule has 2 aliphatic rings. The van der Waals surface area contributed by atoms with E-state index in [1.807, 2.05) is 38.2 Å². The Hall–Kier alpha value is -3.27. The van der Waals surface area contributed by atoms with Crippen LogP contribution in [-0.2, 0) is 20.7 Å². The lowest BCUT2D eigenvalue weighted by atomic mass is 9.80. The van der Waals surface area contributed by atoms with Crippen LogP contribution in [0.3, 0.4) is 0 Å². The Morgan fingerprint density at radius 2 is 2.03 bits per heavy atom. The van der Waals surface area contributed by atoms with E-state index in [1.54, 1.807) is 0 Å². The van der Waals surface area contributed by atoms with E-state index in [1.165, 1.54) is 13.3 Å². The highest BCUT2D eigenvalue weighted by molar-refractivity contribution is 6.34. The van der Waals surface area contributed by atoms with Gasteiger partial charge < -0.3 is 25.1 Å². The van der Waals surface area contributed by atoms with E-state index >= 15 is 0 Å². The predicted octanol–water partition coefficient (Wildman–Crippen LogP) is 5.28. The number of nitrogens with zero attached hydrogens (tertiary/aromatic N) is 4. The van der Waals surface area contributed by atoms with Crippen molar-refractivity contribution in [2.75, 3.05) is 11.1 Å². The number of aryl methyl sites for hydroxylation is 1. The Morgan fingerprint density at radius 3 is 2.82 bits per heavy atom. The summed E-state index contributed by atoms with van der Waals surface area (Å²) in [5.74, 6) is -0.0277. The predicted molar refractivity (Wildman–Crippen MR) is 147 cm³/mol. The molecule has 1 saturated carbocycles. The van der Waals surface area contributed by atoms with Crippen LogP contribution < -0.4 is 11.1 Å². The topological polar surface area (TPSA) is 117 Å². The molecule has 4 heterocycles. The second kappa shape index (κ2) is 8.90. The third-order valence-corrected chi connectivity index (χ3v) is 8.17. The van der Waals surface area contributed by atoms with Crippen LogP contribution in [0.1, 0.15) is 52.1 Å². The van der Waals surface area contributed by atoms with Crippen molar-refractivity contribution in [2.24, 2.45) is 5.41 Å². The molecule has 1 aliphatic heterocycles. The lowest BCUT2D eigenvalue weighted by Crippen LogP contribution is -2.34. The number of nitrogen functional groups attached to an aromatic ring is 1. The first-order valence-corrected chi connectivity index (χ1v) is 13.2. The van der Waals surface area contributed by atoms with Gasteiger partial charge >= 0.3 is 0 Å². The first kappa shape index (κ1) is 25.0. The molecular formula is C28H31ClN6O3. The van der Waals surface area contributed by atoms with Crippen molar-refractivity contribution < 1.29 is 14.3 Å². The van der Waals surface area contributed by atoms with Gasteiger partial charge in [-0.3, -0.25) is 4.79 Å². The number of hydrogen-bond donors (Lipinski definition) is 2. The van der Waals surface area contributed by atoms with E-state index in [4.69, 9.17) is 26.8 Å². The van der Waals surface area contributed by atoms with Crippen LogP contribution in [0.25, 0.3) is 21.9 Å². The normalized spacial score (nSPS) is 26.2. The average molecular weight is 535 g/mol. The number of carbonyl (C=O) groups is 1. The number of benzene rings is 1. The molecule has 0 spiro atoms. The molecular weight excluding hydrogens is 504 g/mol. The maximum Gasteiger partial charge on any atom is 0.222 e. The third-order valence-electron chi connectivity index (χ3n) is 7.88. The van der Waals surface area contributed by atoms with Crippen LogP contribution in [0.2, 0.25) is 5.02 Å². The van der Waals surface area contributed by atoms with E-state index in [0.29, 0.717) is 16.7 Å². The molecule has 6 rings (SSSR count). The van der Waals surface area contributed by atoms with Crippen LogP contribution in [0.4, 0.5) is 11.6 Å². The number of aromatic nitrogens is 4. The molecule has 1 saturated heterocycles. The number of nitrogens with two attached hydrogens (primary N) is 1. The molecule has 4 aromatic rings. The van der Waals surface area contributed by atoms with Crippen LogP contribution in [-0.4, -0.2) is 43.4 Å². The lowest BCUT2D eigenvalue weighted by molar-refractivity contribution is -0.168. The van der Waals surface area contributed by atoms with Gasteiger partial charge in [0.1, 0.15) is 23.9 Å². The van der Waals surface area contributed by atoms with Gasteiger partial charge in [-0.05, 0) is 62.3 Å². The Kier molecular flexibility index (Phi) is 5.86. The summed E-state index contributed by atoms with van der Waals surface area (Å²) in [6.45, 7) is 7.68. The van der Waals surface area contributed by atoms with E-state index < -0.39 is 5.79 Å². The Balaban J connectivity index is 1.29. The van der Waals surface area contributed by atoms with E-state index in [9.17, 15) is 4.79 Å². The van der Waals surface area contributed by atoms with Gasteiger partial charge in [-0.1, -0.05) is 30.7 Å². The average Bonchev–Trinajstić information content (AvgIpc) is 3.50. The Labute approximate surface area is 225 Å². The van der Waals surface area contributed by atoms with E-state index in [0.717, 1.165) is 46.8 Å². The van der Waals surface area contributed by atoms with Gasteiger partial charge in [0, 0.05) is 18.5 Å². The first-order chi connectivity index (χ1) is 18.0. The minimum atomic E-state index is -0.668. The number of anilines is 2. The molecule has 4 atom stereocenters. The van der Waals surface area contributed by atoms with Gasteiger partial charge in [-0.25, -0.2) is 15.0 Å². The van der Waals surface area contributed by atoms with Gasteiger partial charge in [-0.2, -0.15) is 0 Å². The van der Waals surface area contributed by atoms with Crippen molar-refractivity contribution in [3.05, 3.63) is 53.4 Å². The van der Waals surface area contributed by atoms with Gasteiger partial charge in [0.2, 0.25) is 5.91 Å². The van der Waals surface area contributed by atoms with Crippen molar-refractivity contribution in [3.63, 3.8) is 0 Å². The van der Waals surface area contributed by atoms with Gasteiger partial charge in [0.25, 0.3) is 0 Å². The number of rotatable bonds is 5. The number of ether oxygens (including phenoxy) is 2. The highest BCUT2D eigenvalue weighted by atomic mass is 35.5.